The quantitative estimate of drug-likeness (QED) is 0.150. The molecule has 0 bridgehead atoms. The first-order valence-electron chi connectivity index (χ1n) is 11.3. The highest BCUT2D eigenvalue weighted by atomic mass is 35.5. The molecule has 0 aliphatic rings. The smallest absolute Gasteiger partial charge is 0.341 e. The summed E-state index contributed by atoms with van der Waals surface area (Å²) in [7, 11) is 1.47. The van der Waals surface area contributed by atoms with Crippen molar-refractivity contribution in [2.75, 3.05) is 30.9 Å². The Morgan fingerprint density at radius 3 is 2.42 bits per heavy atom. The number of ether oxygens (including phenoxy) is 2. The van der Waals surface area contributed by atoms with Crippen LogP contribution in [0.5, 0.6) is 11.5 Å². The molecule has 38 heavy (non-hydrogen) atoms. The number of rotatable bonds is 12. The normalized spacial score (nSPS) is 10.3. The highest BCUT2D eigenvalue weighted by Gasteiger charge is 2.17. The summed E-state index contributed by atoms with van der Waals surface area (Å²) in [6, 6.07) is 16.2. The number of carboxylic acids is 1. The molecule has 0 fully saturated rings. The van der Waals surface area contributed by atoms with Crippen LogP contribution in [0.3, 0.4) is 0 Å². The monoisotopic (exact) mass is 539 g/mol. The van der Waals surface area contributed by atoms with Crippen molar-refractivity contribution < 1.29 is 29.0 Å². The summed E-state index contributed by atoms with van der Waals surface area (Å²) in [5.74, 6) is -1.73. The topological polar surface area (TPSA) is 176 Å². The van der Waals surface area contributed by atoms with Crippen LogP contribution in [0.2, 0.25) is 5.02 Å². The number of hydrogen-bond donors (Lipinski definition) is 6. The van der Waals surface area contributed by atoms with Gasteiger partial charge in [0.25, 0.3) is 11.8 Å². The number of benzene rings is 3. The second-order valence-electron chi connectivity index (χ2n) is 7.88. The molecule has 198 valence electrons. The van der Waals surface area contributed by atoms with Crippen molar-refractivity contribution in [3.63, 3.8) is 0 Å². The molecule has 0 heterocycles. The zero-order chi connectivity index (χ0) is 27.7. The molecule has 3 aromatic rings. The molecule has 11 nitrogen and oxygen atoms in total. The van der Waals surface area contributed by atoms with Crippen LogP contribution in [0.15, 0.2) is 60.7 Å². The van der Waals surface area contributed by atoms with E-state index in [0.717, 1.165) is 0 Å². The summed E-state index contributed by atoms with van der Waals surface area (Å²) in [5.41, 5.74) is 7.73. The van der Waals surface area contributed by atoms with Gasteiger partial charge in [-0.05, 0) is 48.5 Å². The van der Waals surface area contributed by atoms with Gasteiger partial charge in [-0.3, -0.25) is 15.0 Å². The van der Waals surface area contributed by atoms with Crippen molar-refractivity contribution >= 4 is 46.6 Å². The van der Waals surface area contributed by atoms with E-state index < -0.39 is 18.5 Å². The first kappa shape index (κ1) is 27.8. The molecule has 0 radical (unpaired) electrons. The zero-order valence-electron chi connectivity index (χ0n) is 20.3. The Bertz CT molecular complexity index is 1350. The fraction of sp³-hybridized carbons (Fsp3) is 0.154. The van der Waals surface area contributed by atoms with Gasteiger partial charge in [-0.1, -0.05) is 23.7 Å². The summed E-state index contributed by atoms with van der Waals surface area (Å²) in [6.07, 6.45) is 0. The molecule has 3 rings (SSSR count). The third kappa shape index (κ3) is 7.61. The number of amidine groups is 1. The summed E-state index contributed by atoms with van der Waals surface area (Å²) in [6.45, 7) is -0.780. The van der Waals surface area contributed by atoms with Crippen molar-refractivity contribution in [3.8, 4) is 11.5 Å². The summed E-state index contributed by atoms with van der Waals surface area (Å²) in [5, 5.41) is 25.3. The van der Waals surface area contributed by atoms with Crippen molar-refractivity contribution in [1.82, 2.24) is 5.32 Å². The number of carbonyl (C=O) groups excluding carboxylic acids is 2. The Morgan fingerprint density at radius 1 is 1.03 bits per heavy atom. The largest absolute Gasteiger partial charge is 0.480 e. The van der Waals surface area contributed by atoms with Gasteiger partial charge in [-0.2, -0.15) is 0 Å². The number of nitrogens with two attached hydrogens (primary N) is 1. The minimum Gasteiger partial charge on any atom is -0.480 e. The molecular weight excluding hydrogens is 514 g/mol. The molecule has 3 aromatic carbocycles. The molecule has 7 N–H and O–H groups in total. The SMILES string of the molecule is CNC(=O)COc1cccc(CNc2ccc(Cl)cc2C(=O)Nc2ccc(C(=N)N)cc2)c1OCC(=O)O. The van der Waals surface area contributed by atoms with Gasteiger partial charge >= 0.3 is 5.97 Å². The fourth-order valence-corrected chi connectivity index (χ4v) is 3.48. The van der Waals surface area contributed by atoms with Crippen LogP contribution in [0.1, 0.15) is 21.5 Å². The van der Waals surface area contributed by atoms with E-state index >= 15 is 0 Å². The maximum absolute atomic E-state index is 13.1. The Hall–Kier alpha value is -4.77. The van der Waals surface area contributed by atoms with Gasteiger partial charge in [0, 0.05) is 41.1 Å². The van der Waals surface area contributed by atoms with E-state index in [0.29, 0.717) is 27.5 Å². The second-order valence-corrected chi connectivity index (χ2v) is 8.31. The van der Waals surface area contributed by atoms with Gasteiger partial charge in [0.2, 0.25) is 0 Å². The van der Waals surface area contributed by atoms with Crippen LogP contribution in [-0.2, 0) is 16.1 Å². The van der Waals surface area contributed by atoms with Gasteiger partial charge in [-0.25, -0.2) is 4.79 Å². The van der Waals surface area contributed by atoms with Crippen LogP contribution >= 0.6 is 11.6 Å². The molecule has 0 aromatic heterocycles. The predicted octanol–water partition coefficient (Wildman–Crippen LogP) is 3.08. The number of carboxylic acid groups (broad SMARTS) is 1. The average Bonchev–Trinajstić information content (AvgIpc) is 2.90. The number of nitrogens with one attached hydrogen (secondary N) is 4. The highest BCUT2D eigenvalue weighted by molar-refractivity contribution is 6.31. The molecule has 0 atom stereocenters. The van der Waals surface area contributed by atoms with Crippen LogP contribution < -0.4 is 31.2 Å². The van der Waals surface area contributed by atoms with E-state index in [4.69, 9.17) is 37.3 Å². The molecule has 12 heteroatoms. The molecule has 0 aliphatic carbocycles. The number of carbonyl (C=O) groups is 3. The summed E-state index contributed by atoms with van der Waals surface area (Å²) < 4.78 is 11.0. The van der Waals surface area contributed by atoms with E-state index in [9.17, 15) is 14.4 Å². The van der Waals surface area contributed by atoms with Crippen molar-refractivity contribution in [3.05, 3.63) is 82.4 Å². The Labute approximate surface area is 223 Å². The average molecular weight is 540 g/mol. The van der Waals surface area contributed by atoms with E-state index in [2.05, 4.69) is 16.0 Å². The Balaban J connectivity index is 1.82. The first-order valence-corrected chi connectivity index (χ1v) is 11.6. The minimum atomic E-state index is -1.18. The van der Waals surface area contributed by atoms with Gasteiger partial charge in [0.05, 0.1) is 5.56 Å². The number of aliphatic carboxylic acids is 1. The number of halogens is 1. The third-order valence-electron chi connectivity index (χ3n) is 5.19. The number of para-hydroxylation sites is 1. The lowest BCUT2D eigenvalue weighted by atomic mass is 10.1. The van der Waals surface area contributed by atoms with Gasteiger partial charge in [0.15, 0.2) is 24.7 Å². The fourth-order valence-electron chi connectivity index (χ4n) is 3.31. The van der Waals surface area contributed by atoms with Gasteiger partial charge in [-0.15, -0.1) is 0 Å². The Kier molecular flexibility index (Phi) is 9.49. The number of hydrogen-bond acceptors (Lipinski definition) is 7. The van der Waals surface area contributed by atoms with Crippen LogP contribution in [0.4, 0.5) is 11.4 Å². The predicted molar refractivity (Wildman–Crippen MR) is 143 cm³/mol. The zero-order valence-corrected chi connectivity index (χ0v) is 21.1. The van der Waals surface area contributed by atoms with Crippen LogP contribution in [0.25, 0.3) is 0 Å². The molecule has 0 spiro atoms. The highest BCUT2D eigenvalue weighted by Crippen LogP contribution is 2.33. The molecule has 0 saturated carbocycles. The Morgan fingerprint density at radius 2 is 1.76 bits per heavy atom. The van der Waals surface area contributed by atoms with E-state index in [1.165, 1.54) is 13.1 Å². The van der Waals surface area contributed by atoms with Gasteiger partial charge < -0.3 is 36.3 Å². The third-order valence-corrected chi connectivity index (χ3v) is 5.42. The molecule has 0 saturated heterocycles. The van der Waals surface area contributed by atoms with Crippen LogP contribution in [-0.4, -0.2) is 49.0 Å². The van der Waals surface area contributed by atoms with E-state index in [-0.39, 0.29) is 42.0 Å². The first-order chi connectivity index (χ1) is 18.2. The van der Waals surface area contributed by atoms with Crippen LogP contribution in [0, 0.1) is 5.41 Å². The minimum absolute atomic E-state index is 0.0843. The second kappa shape index (κ2) is 13.0. The maximum Gasteiger partial charge on any atom is 0.341 e. The number of nitrogen functional groups attached to an aromatic ring is 1. The van der Waals surface area contributed by atoms with E-state index in [1.807, 2.05) is 0 Å². The lowest BCUT2D eigenvalue weighted by Gasteiger charge is -2.17. The van der Waals surface area contributed by atoms with E-state index in [1.54, 1.807) is 54.6 Å². The molecule has 2 amide bonds. The number of likely N-dealkylation sites (N-methyl/N-ethyl adjacent to an activating group) is 1. The van der Waals surface area contributed by atoms with Crippen molar-refractivity contribution in [2.24, 2.45) is 5.73 Å². The lowest BCUT2D eigenvalue weighted by Crippen LogP contribution is -2.25. The number of amides is 2. The summed E-state index contributed by atoms with van der Waals surface area (Å²) in [4.78, 5) is 35.8. The summed E-state index contributed by atoms with van der Waals surface area (Å²) >= 11 is 6.16. The van der Waals surface area contributed by atoms with Crippen molar-refractivity contribution in [1.29, 1.82) is 5.41 Å². The molecular formula is C26H26ClN5O6. The molecule has 0 aliphatic heterocycles. The van der Waals surface area contributed by atoms with Crippen molar-refractivity contribution in [2.45, 2.75) is 6.54 Å². The lowest BCUT2D eigenvalue weighted by molar-refractivity contribution is -0.139. The number of anilines is 2. The maximum atomic E-state index is 13.1. The van der Waals surface area contributed by atoms with Gasteiger partial charge in [0.1, 0.15) is 5.84 Å². The molecule has 0 unspecified atom stereocenters. The standard InChI is InChI=1S/C26H26ClN5O6/c1-30-22(33)13-37-21-4-2-3-16(24(21)38-14-23(34)35)12-31-20-10-7-17(27)11-19(20)26(36)32-18-8-5-15(6-9-18)25(28)29/h2-11,31H,12-14H2,1H3,(H3,28,29)(H,30,33)(H,32,36)(H,34,35).